The van der Waals surface area contributed by atoms with Gasteiger partial charge in [0.25, 0.3) is 0 Å². The SMILES string of the molecule is CC/C=C\C/C=C\C/C=C\C/C=C\CCCCCCCCC(=O)OC(COC(=O)CCCCCCC)COC(=O)CCCCCCCCCCCCCCCCCCCCC/C=C\CCCCCCCCCC. The molecule has 0 bridgehead atoms. The third-order valence-corrected chi connectivity index (χ3v) is 14.0. The molecule has 1 unspecified atom stereocenters. The van der Waals surface area contributed by atoms with Crippen molar-refractivity contribution >= 4 is 17.9 Å². The van der Waals surface area contributed by atoms with E-state index in [1.165, 1.54) is 186 Å². The monoisotopic (exact) mass is 1020 g/mol. The van der Waals surface area contributed by atoms with E-state index in [2.05, 4.69) is 81.5 Å². The van der Waals surface area contributed by atoms with Gasteiger partial charge in [0.15, 0.2) is 6.10 Å². The van der Waals surface area contributed by atoms with E-state index in [0.29, 0.717) is 19.3 Å². The van der Waals surface area contributed by atoms with E-state index in [0.717, 1.165) is 103 Å². The number of hydrogen-bond donors (Lipinski definition) is 0. The zero-order valence-electron chi connectivity index (χ0n) is 48.7. The molecule has 0 spiro atoms. The number of rotatable bonds is 58. The lowest BCUT2D eigenvalue weighted by Gasteiger charge is -2.18. The summed E-state index contributed by atoms with van der Waals surface area (Å²) in [7, 11) is 0. The van der Waals surface area contributed by atoms with Gasteiger partial charge in [0.1, 0.15) is 13.2 Å². The number of ether oxygens (including phenoxy) is 3. The van der Waals surface area contributed by atoms with Crippen molar-refractivity contribution in [3.8, 4) is 0 Å². The third-order valence-electron chi connectivity index (χ3n) is 14.0. The van der Waals surface area contributed by atoms with Gasteiger partial charge in [-0.3, -0.25) is 14.4 Å². The number of carbonyl (C=O) groups excluding carboxylic acids is 3. The van der Waals surface area contributed by atoms with E-state index in [-0.39, 0.29) is 31.1 Å². The van der Waals surface area contributed by atoms with Gasteiger partial charge in [0.2, 0.25) is 0 Å². The fraction of sp³-hybridized carbons (Fsp3) is 0.806. The first kappa shape index (κ1) is 70.1. The Hall–Kier alpha value is -2.89. The second-order valence-electron chi connectivity index (χ2n) is 21.3. The van der Waals surface area contributed by atoms with Crippen LogP contribution in [0.1, 0.15) is 329 Å². The molecular weight excluding hydrogens is 901 g/mol. The summed E-state index contributed by atoms with van der Waals surface area (Å²) < 4.78 is 16.7. The van der Waals surface area contributed by atoms with E-state index in [4.69, 9.17) is 14.2 Å². The highest BCUT2D eigenvalue weighted by Gasteiger charge is 2.19. The molecule has 0 rings (SSSR count). The molecule has 0 heterocycles. The number of unbranched alkanes of at least 4 members (excludes halogenated alkanes) is 37. The first-order chi connectivity index (χ1) is 36.0. The second kappa shape index (κ2) is 61.7. The van der Waals surface area contributed by atoms with Crippen LogP contribution in [0.4, 0.5) is 0 Å². The zero-order valence-corrected chi connectivity index (χ0v) is 48.7. The van der Waals surface area contributed by atoms with Gasteiger partial charge in [-0.2, -0.15) is 0 Å². The van der Waals surface area contributed by atoms with E-state index < -0.39 is 6.10 Å². The smallest absolute Gasteiger partial charge is 0.306 e. The highest BCUT2D eigenvalue weighted by molar-refractivity contribution is 5.71. The molecule has 0 aromatic rings. The van der Waals surface area contributed by atoms with Crippen molar-refractivity contribution < 1.29 is 28.6 Å². The topological polar surface area (TPSA) is 78.9 Å². The Morgan fingerprint density at radius 1 is 0.288 bits per heavy atom. The molecule has 0 saturated carbocycles. The molecule has 0 aliphatic rings. The highest BCUT2D eigenvalue weighted by Crippen LogP contribution is 2.17. The Labute approximate surface area is 453 Å². The standard InChI is InChI=1S/C67H120O6/c1-4-7-10-13-15-17-19-21-23-25-27-28-29-30-31-32-33-34-35-36-37-38-40-41-43-45-47-49-51-54-57-60-66(69)72-63-64(62-71-65(68)59-56-53-12-9-6-3)73-67(70)61-58-55-52-50-48-46-44-42-39-26-24-22-20-18-16-14-11-8-5-2/h8,11,16,18,22,24-25,27,39,42,64H,4-7,9-10,12-15,17,19-21,23,26,28-38,40-41,43-63H2,1-3H3/b11-8-,18-16-,24-22-,27-25-,42-39-. The Bertz CT molecular complexity index is 1310. The number of carbonyl (C=O) groups is 3. The summed E-state index contributed by atoms with van der Waals surface area (Å²) in [4.78, 5) is 37.9. The van der Waals surface area contributed by atoms with Gasteiger partial charge >= 0.3 is 17.9 Å². The van der Waals surface area contributed by atoms with Crippen molar-refractivity contribution in [2.75, 3.05) is 13.2 Å². The molecule has 1 atom stereocenters. The lowest BCUT2D eigenvalue weighted by molar-refractivity contribution is -0.167. The summed E-state index contributed by atoms with van der Waals surface area (Å²) in [6.45, 7) is 6.47. The van der Waals surface area contributed by atoms with Crippen LogP contribution >= 0.6 is 0 Å². The lowest BCUT2D eigenvalue weighted by atomic mass is 10.0. The molecule has 0 aliphatic heterocycles. The van der Waals surface area contributed by atoms with Crippen LogP contribution in [0.15, 0.2) is 60.8 Å². The number of hydrogen-bond acceptors (Lipinski definition) is 6. The van der Waals surface area contributed by atoms with Crippen molar-refractivity contribution in [3.63, 3.8) is 0 Å². The molecule has 0 aliphatic carbocycles. The van der Waals surface area contributed by atoms with Gasteiger partial charge in [0.05, 0.1) is 0 Å². The van der Waals surface area contributed by atoms with Crippen molar-refractivity contribution in [3.05, 3.63) is 60.8 Å². The summed E-state index contributed by atoms with van der Waals surface area (Å²) in [5.74, 6) is -0.893. The van der Waals surface area contributed by atoms with Crippen LogP contribution in [0.25, 0.3) is 0 Å². The van der Waals surface area contributed by atoms with Gasteiger partial charge < -0.3 is 14.2 Å². The second-order valence-corrected chi connectivity index (χ2v) is 21.3. The Kier molecular flexibility index (Phi) is 59.2. The van der Waals surface area contributed by atoms with E-state index >= 15 is 0 Å². The summed E-state index contributed by atoms with van der Waals surface area (Å²) >= 11 is 0. The molecule has 0 fully saturated rings. The summed E-state index contributed by atoms with van der Waals surface area (Å²) in [6, 6.07) is 0. The normalized spacial score (nSPS) is 12.4. The van der Waals surface area contributed by atoms with Crippen LogP contribution in [0, 0.1) is 0 Å². The molecule has 0 saturated heterocycles. The molecule has 424 valence electrons. The van der Waals surface area contributed by atoms with Crippen molar-refractivity contribution in [2.24, 2.45) is 0 Å². The Morgan fingerprint density at radius 3 is 0.849 bits per heavy atom. The van der Waals surface area contributed by atoms with Crippen LogP contribution < -0.4 is 0 Å². The minimum absolute atomic E-state index is 0.0777. The zero-order chi connectivity index (χ0) is 52.9. The van der Waals surface area contributed by atoms with Crippen molar-refractivity contribution in [1.29, 1.82) is 0 Å². The van der Waals surface area contributed by atoms with Crippen LogP contribution in [-0.4, -0.2) is 37.2 Å². The van der Waals surface area contributed by atoms with E-state index in [1.807, 2.05) is 0 Å². The Balaban J connectivity index is 3.96. The molecule has 0 aromatic carbocycles. The van der Waals surface area contributed by atoms with Crippen LogP contribution in [0.5, 0.6) is 0 Å². The summed E-state index contributed by atoms with van der Waals surface area (Å²) in [6.07, 6.45) is 78.6. The maximum Gasteiger partial charge on any atom is 0.306 e. The van der Waals surface area contributed by atoms with Gasteiger partial charge in [0, 0.05) is 19.3 Å². The molecule has 0 radical (unpaired) electrons. The first-order valence-electron chi connectivity index (χ1n) is 31.8. The van der Waals surface area contributed by atoms with Gasteiger partial charge in [-0.15, -0.1) is 0 Å². The minimum atomic E-state index is -0.777. The van der Waals surface area contributed by atoms with E-state index in [1.54, 1.807) is 0 Å². The third kappa shape index (κ3) is 59.9. The van der Waals surface area contributed by atoms with Crippen LogP contribution in [0.3, 0.4) is 0 Å². The average Bonchev–Trinajstić information content (AvgIpc) is 3.39. The molecular formula is C67H120O6. The lowest BCUT2D eigenvalue weighted by Crippen LogP contribution is -2.30. The van der Waals surface area contributed by atoms with E-state index in [9.17, 15) is 14.4 Å². The average molecular weight is 1020 g/mol. The molecule has 6 heteroatoms. The summed E-state index contributed by atoms with van der Waals surface area (Å²) in [5.41, 5.74) is 0. The maximum atomic E-state index is 12.8. The molecule has 6 nitrogen and oxygen atoms in total. The predicted molar refractivity (Wildman–Crippen MR) is 316 cm³/mol. The van der Waals surface area contributed by atoms with Crippen molar-refractivity contribution in [1.82, 2.24) is 0 Å². The quantitative estimate of drug-likeness (QED) is 0.0261. The largest absolute Gasteiger partial charge is 0.462 e. The van der Waals surface area contributed by atoms with Crippen molar-refractivity contribution in [2.45, 2.75) is 335 Å². The summed E-state index contributed by atoms with van der Waals surface area (Å²) in [5, 5.41) is 0. The highest BCUT2D eigenvalue weighted by atomic mass is 16.6. The van der Waals surface area contributed by atoms with Gasteiger partial charge in [-0.05, 0) is 83.5 Å². The Morgan fingerprint density at radius 2 is 0.534 bits per heavy atom. The molecule has 0 N–H and O–H groups in total. The molecule has 73 heavy (non-hydrogen) atoms. The van der Waals surface area contributed by atoms with Crippen LogP contribution in [-0.2, 0) is 28.6 Å². The van der Waals surface area contributed by atoms with Crippen LogP contribution in [0.2, 0.25) is 0 Å². The van der Waals surface area contributed by atoms with Gasteiger partial charge in [-0.1, -0.05) is 287 Å². The predicted octanol–water partition coefficient (Wildman–Crippen LogP) is 21.6. The molecule has 0 aromatic heterocycles. The minimum Gasteiger partial charge on any atom is -0.462 e. The van der Waals surface area contributed by atoms with Gasteiger partial charge in [-0.25, -0.2) is 0 Å². The number of esters is 3. The molecule has 0 amide bonds. The number of allylic oxidation sites excluding steroid dienone is 10. The first-order valence-corrected chi connectivity index (χ1v) is 31.8. The fourth-order valence-corrected chi connectivity index (χ4v) is 9.25. The maximum absolute atomic E-state index is 12.8. The fourth-order valence-electron chi connectivity index (χ4n) is 9.25.